The molecule has 2 aromatic rings. The van der Waals surface area contributed by atoms with Crippen LogP contribution < -0.4 is 14.8 Å². The Labute approximate surface area is 170 Å². The van der Waals surface area contributed by atoms with Crippen LogP contribution in [-0.2, 0) is 6.54 Å². The van der Waals surface area contributed by atoms with Crippen LogP contribution in [0.15, 0.2) is 17.5 Å². The second-order valence-electron chi connectivity index (χ2n) is 7.74. The quantitative estimate of drug-likeness (QED) is 0.783. The molecule has 1 amide bonds. The van der Waals surface area contributed by atoms with Crippen molar-refractivity contribution in [3.05, 3.63) is 34.3 Å². The molecule has 2 atom stereocenters. The van der Waals surface area contributed by atoms with Crippen molar-refractivity contribution in [2.75, 3.05) is 32.6 Å². The van der Waals surface area contributed by atoms with Gasteiger partial charge in [-0.05, 0) is 37.3 Å². The summed E-state index contributed by atoms with van der Waals surface area (Å²) < 4.78 is 10.7. The monoisotopic (exact) mass is 403 g/mol. The maximum atomic E-state index is 12.7. The molecule has 0 aliphatic carbocycles. The maximum Gasteiger partial charge on any atom is 0.257 e. The molecule has 0 spiro atoms. The van der Waals surface area contributed by atoms with Crippen LogP contribution in [0, 0.1) is 18.8 Å². The first-order valence-electron chi connectivity index (χ1n) is 9.60. The predicted octanol–water partition coefficient (Wildman–Crippen LogP) is 4.20. The standard InChI is InChI=1S/C21H29N3O3S/c1-13-6-14(2)10-24(9-13)11-17-12-28-21(22-17)23-20(25)16-7-18(26-4)15(3)19(8-16)27-5/h7-8,12-14H,6,9-11H2,1-5H3,(H,22,23,25). The van der Waals surface area contributed by atoms with E-state index in [-0.39, 0.29) is 5.91 Å². The molecule has 1 aromatic carbocycles. The highest BCUT2D eigenvalue weighted by Crippen LogP contribution is 2.30. The molecule has 2 heterocycles. The zero-order valence-electron chi connectivity index (χ0n) is 17.2. The Balaban J connectivity index is 1.67. The number of thiazole rings is 1. The zero-order valence-corrected chi connectivity index (χ0v) is 18.1. The fraction of sp³-hybridized carbons (Fsp3) is 0.524. The number of amides is 1. The fourth-order valence-corrected chi connectivity index (χ4v) is 4.67. The largest absolute Gasteiger partial charge is 0.496 e. The van der Waals surface area contributed by atoms with Gasteiger partial charge in [0.1, 0.15) is 11.5 Å². The number of aromatic nitrogens is 1. The first-order valence-corrected chi connectivity index (χ1v) is 10.5. The number of methoxy groups -OCH3 is 2. The van der Waals surface area contributed by atoms with Crippen LogP contribution >= 0.6 is 11.3 Å². The molecule has 1 aliphatic heterocycles. The van der Waals surface area contributed by atoms with E-state index in [0.717, 1.165) is 30.9 Å². The lowest BCUT2D eigenvalue weighted by Gasteiger charge is -2.34. The molecule has 1 aliphatic rings. The molecular weight excluding hydrogens is 374 g/mol. The summed E-state index contributed by atoms with van der Waals surface area (Å²) in [6.07, 6.45) is 1.29. The van der Waals surface area contributed by atoms with Gasteiger partial charge in [-0.25, -0.2) is 4.98 Å². The van der Waals surface area contributed by atoms with Crippen LogP contribution in [0.1, 0.15) is 41.9 Å². The zero-order chi connectivity index (χ0) is 20.3. The molecule has 0 saturated carbocycles. The lowest BCUT2D eigenvalue weighted by atomic mass is 9.92. The average Bonchev–Trinajstić information content (AvgIpc) is 3.07. The topological polar surface area (TPSA) is 63.7 Å². The van der Waals surface area contributed by atoms with Gasteiger partial charge in [0.15, 0.2) is 5.13 Å². The third-order valence-electron chi connectivity index (χ3n) is 5.12. The minimum Gasteiger partial charge on any atom is -0.496 e. The normalized spacial score (nSPS) is 20.0. The van der Waals surface area contributed by atoms with Crippen molar-refractivity contribution in [1.29, 1.82) is 0 Å². The van der Waals surface area contributed by atoms with Crippen molar-refractivity contribution in [3.63, 3.8) is 0 Å². The van der Waals surface area contributed by atoms with Gasteiger partial charge in [-0.2, -0.15) is 0 Å². The molecule has 0 radical (unpaired) electrons. The first-order chi connectivity index (χ1) is 13.4. The summed E-state index contributed by atoms with van der Waals surface area (Å²) in [5.41, 5.74) is 2.35. The van der Waals surface area contributed by atoms with Crippen LogP contribution in [0.4, 0.5) is 5.13 Å². The number of benzene rings is 1. The molecule has 1 fully saturated rings. The smallest absolute Gasteiger partial charge is 0.257 e. The number of hydrogen-bond donors (Lipinski definition) is 1. The van der Waals surface area contributed by atoms with Crippen LogP contribution in [0.25, 0.3) is 0 Å². The average molecular weight is 404 g/mol. The number of anilines is 1. The Kier molecular flexibility index (Phi) is 6.57. The number of carbonyl (C=O) groups excluding carboxylic acids is 1. The minimum atomic E-state index is -0.224. The van der Waals surface area contributed by atoms with Crippen LogP contribution in [0.5, 0.6) is 11.5 Å². The van der Waals surface area contributed by atoms with E-state index in [1.165, 1.54) is 17.8 Å². The van der Waals surface area contributed by atoms with E-state index >= 15 is 0 Å². The highest BCUT2D eigenvalue weighted by Gasteiger charge is 2.22. The van der Waals surface area contributed by atoms with Gasteiger partial charge in [0, 0.05) is 36.1 Å². The second-order valence-corrected chi connectivity index (χ2v) is 8.60. The highest BCUT2D eigenvalue weighted by atomic mass is 32.1. The number of rotatable bonds is 6. The number of hydrogen-bond acceptors (Lipinski definition) is 6. The molecule has 7 heteroatoms. The van der Waals surface area contributed by atoms with Gasteiger partial charge in [-0.1, -0.05) is 13.8 Å². The van der Waals surface area contributed by atoms with Crippen molar-refractivity contribution in [1.82, 2.24) is 9.88 Å². The van der Waals surface area contributed by atoms with Gasteiger partial charge in [-0.3, -0.25) is 15.0 Å². The molecule has 152 valence electrons. The molecule has 1 saturated heterocycles. The summed E-state index contributed by atoms with van der Waals surface area (Å²) in [5.74, 6) is 2.45. The van der Waals surface area contributed by atoms with E-state index in [4.69, 9.17) is 9.47 Å². The Hall–Kier alpha value is -2.12. The van der Waals surface area contributed by atoms with Crippen LogP contribution in [0.3, 0.4) is 0 Å². The number of piperidine rings is 1. The molecule has 2 unspecified atom stereocenters. The summed E-state index contributed by atoms with van der Waals surface area (Å²) in [6.45, 7) is 9.54. The van der Waals surface area contributed by atoms with Crippen molar-refractivity contribution in [2.24, 2.45) is 11.8 Å². The summed E-state index contributed by atoms with van der Waals surface area (Å²) in [7, 11) is 3.16. The van der Waals surface area contributed by atoms with E-state index in [1.807, 2.05) is 12.3 Å². The van der Waals surface area contributed by atoms with Crippen molar-refractivity contribution < 1.29 is 14.3 Å². The summed E-state index contributed by atoms with van der Waals surface area (Å²) in [4.78, 5) is 19.7. The van der Waals surface area contributed by atoms with Gasteiger partial charge >= 0.3 is 0 Å². The summed E-state index contributed by atoms with van der Waals surface area (Å²) in [5, 5.41) is 5.53. The van der Waals surface area contributed by atoms with Gasteiger partial charge in [0.05, 0.1) is 19.9 Å². The number of ether oxygens (including phenoxy) is 2. The third kappa shape index (κ3) is 4.83. The maximum absolute atomic E-state index is 12.7. The molecule has 1 aromatic heterocycles. The summed E-state index contributed by atoms with van der Waals surface area (Å²) in [6, 6.07) is 3.44. The summed E-state index contributed by atoms with van der Waals surface area (Å²) >= 11 is 1.45. The molecule has 3 rings (SSSR count). The SMILES string of the molecule is COc1cc(C(=O)Nc2nc(CN3CC(C)CC(C)C3)cs2)cc(OC)c1C. The number of nitrogens with one attached hydrogen (secondary N) is 1. The van der Waals surface area contributed by atoms with Crippen LogP contribution in [-0.4, -0.2) is 43.1 Å². The first kappa shape index (κ1) is 20.6. The van der Waals surface area contributed by atoms with Gasteiger partial charge in [-0.15, -0.1) is 11.3 Å². The molecule has 28 heavy (non-hydrogen) atoms. The number of nitrogens with zero attached hydrogens (tertiary/aromatic N) is 2. The van der Waals surface area contributed by atoms with Crippen molar-refractivity contribution in [2.45, 2.75) is 33.7 Å². The van der Waals surface area contributed by atoms with Crippen LogP contribution in [0.2, 0.25) is 0 Å². The van der Waals surface area contributed by atoms with E-state index in [2.05, 4.69) is 29.0 Å². The molecule has 6 nitrogen and oxygen atoms in total. The molecule has 1 N–H and O–H groups in total. The Morgan fingerprint density at radius 3 is 2.39 bits per heavy atom. The Morgan fingerprint density at radius 2 is 1.82 bits per heavy atom. The number of carbonyl (C=O) groups is 1. The van der Waals surface area contributed by atoms with Gasteiger partial charge in [0.2, 0.25) is 0 Å². The fourth-order valence-electron chi connectivity index (χ4n) is 3.97. The third-order valence-corrected chi connectivity index (χ3v) is 5.92. The lowest BCUT2D eigenvalue weighted by Crippen LogP contribution is -2.38. The highest BCUT2D eigenvalue weighted by molar-refractivity contribution is 7.13. The Bertz CT molecular complexity index is 801. The predicted molar refractivity (Wildman–Crippen MR) is 113 cm³/mol. The number of likely N-dealkylation sites (tertiary alicyclic amines) is 1. The minimum absolute atomic E-state index is 0.224. The lowest BCUT2D eigenvalue weighted by molar-refractivity contribution is 0.102. The van der Waals surface area contributed by atoms with Crippen molar-refractivity contribution >= 4 is 22.4 Å². The second kappa shape index (κ2) is 8.92. The van der Waals surface area contributed by atoms with Crippen molar-refractivity contribution in [3.8, 4) is 11.5 Å². The van der Waals surface area contributed by atoms with Gasteiger partial charge in [0.25, 0.3) is 5.91 Å². The van der Waals surface area contributed by atoms with E-state index in [9.17, 15) is 4.79 Å². The van der Waals surface area contributed by atoms with E-state index in [1.54, 1.807) is 26.4 Å². The van der Waals surface area contributed by atoms with Gasteiger partial charge < -0.3 is 9.47 Å². The molecular formula is C21H29N3O3S. The molecule has 0 bridgehead atoms. The Morgan fingerprint density at radius 1 is 1.21 bits per heavy atom. The van der Waals surface area contributed by atoms with E-state index < -0.39 is 0 Å². The van der Waals surface area contributed by atoms with E-state index in [0.29, 0.717) is 34.0 Å².